The lowest BCUT2D eigenvalue weighted by Crippen LogP contribution is -2.31. The van der Waals surface area contributed by atoms with E-state index in [1.54, 1.807) is 30.7 Å². The monoisotopic (exact) mass is 295 g/mol. The summed E-state index contributed by atoms with van der Waals surface area (Å²) in [6.45, 7) is 3.90. The number of benzene rings is 1. The van der Waals surface area contributed by atoms with Crippen molar-refractivity contribution in [2.75, 3.05) is 0 Å². The van der Waals surface area contributed by atoms with Crippen molar-refractivity contribution < 1.29 is 9.18 Å². The third-order valence-electron chi connectivity index (χ3n) is 3.11. The maximum atomic E-state index is 12.8. The van der Waals surface area contributed by atoms with E-state index >= 15 is 0 Å². The predicted octanol–water partition coefficient (Wildman–Crippen LogP) is 2.86. The third kappa shape index (κ3) is 3.17. The molecule has 1 aromatic heterocycles. The lowest BCUT2D eigenvalue weighted by Gasteiger charge is -2.14. The van der Waals surface area contributed by atoms with Crippen LogP contribution in [0.3, 0.4) is 0 Å². The summed E-state index contributed by atoms with van der Waals surface area (Å²) in [5, 5.41) is 7.40. The Kier molecular flexibility index (Phi) is 4.39. The molecular formula is C14H15ClFN3O. The molecule has 1 N–H and O–H groups in total. The highest BCUT2D eigenvalue weighted by atomic mass is 35.5. The molecule has 0 fully saturated rings. The molecule has 1 aromatic carbocycles. The molecule has 106 valence electrons. The summed E-state index contributed by atoms with van der Waals surface area (Å²) in [6, 6.07) is 5.54. The van der Waals surface area contributed by atoms with Crippen LogP contribution in [-0.4, -0.2) is 15.7 Å². The molecule has 0 saturated heterocycles. The predicted molar refractivity (Wildman–Crippen MR) is 74.9 cm³/mol. The number of nitrogens with zero attached hydrogens (tertiary/aromatic N) is 2. The molecule has 6 heteroatoms. The second-order valence-corrected chi connectivity index (χ2v) is 4.95. The van der Waals surface area contributed by atoms with Crippen LogP contribution in [0.15, 0.2) is 30.5 Å². The van der Waals surface area contributed by atoms with Crippen LogP contribution in [0.5, 0.6) is 0 Å². The smallest absolute Gasteiger partial charge is 0.244 e. The van der Waals surface area contributed by atoms with Crippen LogP contribution in [0.4, 0.5) is 4.39 Å². The molecule has 20 heavy (non-hydrogen) atoms. The van der Waals surface area contributed by atoms with Crippen LogP contribution >= 0.6 is 11.6 Å². The minimum Gasteiger partial charge on any atom is -0.350 e. The van der Waals surface area contributed by atoms with Gasteiger partial charge in [-0.1, -0.05) is 23.7 Å². The Morgan fingerprint density at radius 3 is 2.65 bits per heavy atom. The lowest BCUT2D eigenvalue weighted by molar-refractivity contribution is -0.124. The van der Waals surface area contributed by atoms with Gasteiger partial charge in [-0.3, -0.25) is 9.48 Å². The summed E-state index contributed by atoms with van der Waals surface area (Å²) in [4.78, 5) is 12.1. The SMILES string of the molecule is Cc1c(Cl)cnn1C(C)C(=O)NCc1ccc(F)cc1. The lowest BCUT2D eigenvalue weighted by atomic mass is 10.2. The minimum absolute atomic E-state index is 0.169. The highest BCUT2D eigenvalue weighted by Gasteiger charge is 2.18. The fourth-order valence-corrected chi connectivity index (χ4v) is 1.97. The first kappa shape index (κ1) is 14.5. The van der Waals surface area contributed by atoms with E-state index in [-0.39, 0.29) is 11.7 Å². The molecule has 0 aliphatic rings. The van der Waals surface area contributed by atoms with Crippen molar-refractivity contribution in [3.63, 3.8) is 0 Å². The van der Waals surface area contributed by atoms with E-state index in [2.05, 4.69) is 10.4 Å². The van der Waals surface area contributed by atoms with Crippen LogP contribution in [0.25, 0.3) is 0 Å². The van der Waals surface area contributed by atoms with Gasteiger partial charge >= 0.3 is 0 Å². The number of amides is 1. The first-order valence-electron chi connectivity index (χ1n) is 6.21. The van der Waals surface area contributed by atoms with Gasteiger partial charge < -0.3 is 5.32 Å². The highest BCUT2D eigenvalue weighted by molar-refractivity contribution is 6.31. The fraction of sp³-hybridized carbons (Fsp3) is 0.286. The maximum absolute atomic E-state index is 12.8. The van der Waals surface area contributed by atoms with Crippen molar-refractivity contribution in [3.05, 3.63) is 52.6 Å². The third-order valence-corrected chi connectivity index (χ3v) is 3.48. The van der Waals surface area contributed by atoms with Crippen LogP contribution in [0, 0.1) is 12.7 Å². The van der Waals surface area contributed by atoms with Crippen molar-refractivity contribution in [2.45, 2.75) is 26.4 Å². The van der Waals surface area contributed by atoms with Gasteiger partial charge in [-0.15, -0.1) is 0 Å². The number of hydrogen-bond donors (Lipinski definition) is 1. The number of hydrogen-bond acceptors (Lipinski definition) is 2. The van der Waals surface area contributed by atoms with Crippen LogP contribution < -0.4 is 5.32 Å². The van der Waals surface area contributed by atoms with E-state index in [4.69, 9.17) is 11.6 Å². The van der Waals surface area contributed by atoms with Gasteiger partial charge in [-0.25, -0.2) is 4.39 Å². The summed E-state index contributed by atoms with van der Waals surface area (Å²) in [5.74, 6) is -0.465. The van der Waals surface area contributed by atoms with Gasteiger partial charge in [0, 0.05) is 6.54 Å². The maximum Gasteiger partial charge on any atom is 0.244 e. The number of carbonyl (C=O) groups is 1. The van der Waals surface area contributed by atoms with Crippen LogP contribution in [0.1, 0.15) is 24.2 Å². The van der Waals surface area contributed by atoms with Crippen molar-refractivity contribution in [1.29, 1.82) is 0 Å². The molecular weight excluding hydrogens is 281 g/mol. The molecule has 1 atom stereocenters. The number of carbonyl (C=O) groups excluding carboxylic acids is 1. The average Bonchev–Trinajstić information content (AvgIpc) is 2.77. The second-order valence-electron chi connectivity index (χ2n) is 4.54. The molecule has 2 aromatic rings. The minimum atomic E-state index is -0.456. The molecule has 2 rings (SSSR count). The summed E-state index contributed by atoms with van der Waals surface area (Å²) < 4.78 is 14.3. The summed E-state index contributed by atoms with van der Waals surface area (Å²) in [5.41, 5.74) is 1.58. The Bertz CT molecular complexity index is 609. The molecule has 1 unspecified atom stereocenters. The molecule has 0 aliphatic heterocycles. The quantitative estimate of drug-likeness (QED) is 0.943. The Labute approximate surface area is 121 Å². The van der Waals surface area contributed by atoms with E-state index in [9.17, 15) is 9.18 Å². The van der Waals surface area contributed by atoms with E-state index in [0.29, 0.717) is 11.6 Å². The van der Waals surface area contributed by atoms with Gasteiger partial charge in [0.1, 0.15) is 11.9 Å². The zero-order valence-corrected chi connectivity index (χ0v) is 12.0. The molecule has 0 radical (unpaired) electrons. The molecule has 0 bridgehead atoms. The zero-order chi connectivity index (χ0) is 14.7. The van der Waals surface area contributed by atoms with Gasteiger partial charge in [0.25, 0.3) is 0 Å². The molecule has 4 nitrogen and oxygen atoms in total. The number of aromatic nitrogens is 2. The van der Waals surface area contributed by atoms with Gasteiger partial charge in [-0.2, -0.15) is 5.10 Å². The van der Waals surface area contributed by atoms with Crippen molar-refractivity contribution >= 4 is 17.5 Å². The van der Waals surface area contributed by atoms with Crippen LogP contribution in [-0.2, 0) is 11.3 Å². The van der Waals surface area contributed by atoms with E-state index in [0.717, 1.165) is 11.3 Å². The second kappa shape index (κ2) is 6.05. The van der Waals surface area contributed by atoms with Gasteiger partial charge in [-0.05, 0) is 31.5 Å². The van der Waals surface area contributed by atoms with E-state index < -0.39 is 6.04 Å². The summed E-state index contributed by atoms with van der Waals surface area (Å²) in [7, 11) is 0. The van der Waals surface area contributed by atoms with Crippen LogP contribution in [0.2, 0.25) is 5.02 Å². The fourth-order valence-electron chi connectivity index (χ4n) is 1.84. The Balaban J connectivity index is 1.98. The first-order valence-corrected chi connectivity index (χ1v) is 6.58. The van der Waals surface area contributed by atoms with Gasteiger partial charge in [0.2, 0.25) is 5.91 Å². The standard InChI is InChI=1S/C14H15ClFN3O/c1-9-13(15)8-18-19(9)10(2)14(20)17-7-11-3-5-12(16)6-4-11/h3-6,8,10H,7H2,1-2H3,(H,17,20). The molecule has 1 heterocycles. The number of nitrogens with one attached hydrogen (secondary N) is 1. The molecule has 0 spiro atoms. The Morgan fingerprint density at radius 2 is 2.10 bits per heavy atom. The van der Waals surface area contributed by atoms with E-state index in [1.165, 1.54) is 18.3 Å². The molecule has 0 aliphatic carbocycles. The van der Waals surface area contributed by atoms with Crippen molar-refractivity contribution in [1.82, 2.24) is 15.1 Å². The summed E-state index contributed by atoms with van der Waals surface area (Å²) in [6.07, 6.45) is 1.51. The number of rotatable bonds is 4. The normalized spacial score (nSPS) is 12.2. The highest BCUT2D eigenvalue weighted by Crippen LogP contribution is 2.17. The first-order chi connectivity index (χ1) is 9.49. The van der Waals surface area contributed by atoms with Crippen molar-refractivity contribution in [2.24, 2.45) is 0 Å². The number of halogens is 2. The Morgan fingerprint density at radius 1 is 1.45 bits per heavy atom. The van der Waals surface area contributed by atoms with Gasteiger partial charge in [0.15, 0.2) is 0 Å². The van der Waals surface area contributed by atoms with Crippen molar-refractivity contribution in [3.8, 4) is 0 Å². The van der Waals surface area contributed by atoms with Gasteiger partial charge in [0.05, 0.1) is 16.9 Å². The average molecular weight is 296 g/mol. The van der Waals surface area contributed by atoms with E-state index in [1.807, 2.05) is 0 Å². The summed E-state index contributed by atoms with van der Waals surface area (Å²) >= 11 is 5.92. The molecule has 0 saturated carbocycles. The largest absolute Gasteiger partial charge is 0.350 e. The topological polar surface area (TPSA) is 46.9 Å². The zero-order valence-electron chi connectivity index (χ0n) is 11.2. The Hall–Kier alpha value is -1.88. The molecule has 1 amide bonds.